The summed E-state index contributed by atoms with van der Waals surface area (Å²) in [6, 6.07) is 19.9. The Hall–Kier alpha value is -2.55. The quantitative estimate of drug-likeness (QED) is 0.198. The van der Waals surface area contributed by atoms with Gasteiger partial charge in [-0.05, 0) is 36.5 Å². The molecule has 2 aromatic rings. The number of benzene rings is 2. The molecule has 0 radical (unpaired) electrons. The van der Waals surface area contributed by atoms with Gasteiger partial charge in [-0.1, -0.05) is 69.3 Å². The molecule has 2 amide bonds. The van der Waals surface area contributed by atoms with Crippen LogP contribution in [0.2, 0.25) is 0 Å². The first-order chi connectivity index (χ1) is 16.9. The highest BCUT2D eigenvalue weighted by Gasteiger charge is 2.30. The molecule has 2 N–H and O–H groups in total. The maximum Gasteiger partial charge on any atom is 0.431 e. The summed E-state index contributed by atoms with van der Waals surface area (Å²) in [7, 11) is 1.34. The van der Waals surface area contributed by atoms with E-state index < -0.39 is 6.09 Å². The van der Waals surface area contributed by atoms with Crippen LogP contribution in [0.1, 0.15) is 39.2 Å². The van der Waals surface area contributed by atoms with Crippen molar-refractivity contribution in [3.05, 3.63) is 66.2 Å². The van der Waals surface area contributed by atoms with E-state index in [0.717, 1.165) is 16.9 Å². The summed E-state index contributed by atoms with van der Waals surface area (Å²) in [5.74, 6) is -0.186. The van der Waals surface area contributed by atoms with Crippen LogP contribution in [0.5, 0.6) is 0 Å². The minimum atomic E-state index is -0.687. The zero-order valence-electron chi connectivity index (χ0n) is 21.1. The molecular weight excluding hydrogens is 464 g/mol. The van der Waals surface area contributed by atoms with Gasteiger partial charge >= 0.3 is 6.09 Å². The molecule has 7 nitrogen and oxygen atoms in total. The topological polar surface area (TPSA) is 85.9 Å². The fourth-order valence-electron chi connectivity index (χ4n) is 3.57. The second-order valence-corrected chi connectivity index (χ2v) is 9.89. The first kappa shape index (κ1) is 28.7. The summed E-state index contributed by atoms with van der Waals surface area (Å²) in [5.41, 5.74) is 3.25. The molecule has 0 aromatic heterocycles. The average Bonchev–Trinajstić information content (AvgIpc) is 2.86. The van der Waals surface area contributed by atoms with E-state index in [2.05, 4.69) is 27.8 Å². The summed E-state index contributed by atoms with van der Waals surface area (Å²) in [6.07, 6.45) is 0.731. The van der Waals surface area contributed by atoms with E-state index in [1.165, 1.54) is 7.11 Å². The van der Waals surface area contributed by atoms with E-state index in [-0.39, 0.29) is 35.6 Å². The third-order valence-corrected chi connectivity index (χ3v) is 7.04. The fraction of sp³-hybridized carbons (Fsp3) is 0.481. The molecule has 0 aliphatic carbocycles. The Morgan fingerprint density at radius 3 is 2.26 bits per heavy atom. The Morgan fingerprint density at radius 2 is 1.66 bits per heavy atom. The van der Waals surface area contributed by atoms with Gasteiger partial charge in [-0.3, -0.25) is 9.63 Å². The highest BCUT2D eigenvalue weighted by Crippen LogP contribution is 2.32. The molecule has 8 heteroatoms. The molecule has 0 heterocycles. The number of hydroxylamine groups is 1. The second kappa shape index (κ2) is 16.2. The van der Waals surface area contributed by atoms with E-state index in [1.807, 2.05) is 69.3 Å². The Labute approximate surface area is 213 Å². The first-order valence-corrected chi connectivity index (χ1v) is 12.9. The lowest BCUT2D eigenvalue weighted by molar-refractivity contribution is -0.126. The number of rotatable bonds is 15. The number of carbonyl (C=O) groups excluding carboxylic acids is 2. The molecule has 3 atom stereocenters. The fourth-order valence-corrected chi connectivity index (χ4v) is 4.92. The van der Waals surface area contributed by atoms with Crippen LogP contribution >= 0.6 is 11.8 Å². The zero-order valence-corrected chi connectivity index (χ0v) is 21.9. The number of nitrogens with one attached hydrogen (secondary N) is 2. The highest BCUT2D eigenvalue weighted by molar-refractivity contribution is 8.00. The maximum atomic E-state index is 13.4. The number of carbonyl (C=O) groups is 2. The molecule has 0 aliphatic heterocycles. The summed E-state index contributed by atoms with van der Waals surface area (Å²) in [6.45, 7) is 7.15. The largest absolute Gasteiger partial charge is 0.446 e. The van der Waals surface area contributed by atoms with Gasteiger partial charge in [0, 0.05) is 22.7 Å². The lowest BCUT2D eigenvalue weighted by Gasteiger charge is -2.29. The predicted molar refractivity (Wildman–Crippen MR) is 139 cm³/mol. The van der Waals surface area contributed by atoms with Crippen LogP contribution in [0.4, 0.5) is 4.79 Å². The van der Waals surface area contributed by atoms with Crippen molar-refractivity contribution < 1.29 is 23.9 Å². The average molecular weight is 503 g/mol. The van der Waals surface area contributed by atoms with Crippen molar-refractivity contribution in [3.8, 4) is 0 Å². The van der Waals surface area contributed by atoms with Crippen LogP contribution in [-0.4, -0.2) is 43.6 Å². The van der Waals surface area contributed by atoms with Crippen LogP contribution in [0.3, 0.4) is 0 Å². The van der Waals surface area contributed by atoms with Gasteiger partial charge in [-0.25, -0.2) is 4.79 Å². The van der Waals surface area contributed by atoms with Gasteiger partial charge in [0.05, 0.1) is 19.8 Å². The van der Waals surface area contributed by atoms with Crippen LogP contribution in [-0.2, 0) is 25.7 Å². The van der Waals surface area contributed by atoms with Gasteiger partial charge in [-0.15, -0.1) is 11.8 Å². The summed E-state index contributed by atoms with van der Waals surface area (Å²) in [5, 5.41) is 3.14. The Kier molecular flexibility index (Phi) is 13.3. The van der Waals surface area contributed by atoms with Gasteiger partial charge in [0.2, 0.25) is 5.91 Å². The Morgan fingerprint density at radius 1 is 1.00 bits per heavy atom. The minimum absolute atomic E-state index is 0.0312. The van der Waals surface area contributed by atoms with Crippen molar-refractivity contribution in [1.82, 2.24) is 10.8 Å². The van der Waals surface area contributed by atoms with Crippen molar-refractivity contribution in [2.45, 2.75) is 56.4 Å². The molecule has 35 heavy (non-hydrogen) atoms. The van der Waals surface area contributed by atoms with E-state index >= 15 is 0 Å². The van der Waals surface area contributed by atoms with E-state index in [1.54, 1.807) is 11.8 Å². The van der Waals surface area contributed by atoms with E-state index in [0.29, 0.717) is 19.6 Å². The van der Waals surface area contributed by atoms with Crippen LogP contribution in [0, 0.1) is 11.8 Å². The SMILES string of the molecule is CC[C@@H](C(=O)N[C@H](COC(=O)NOC)C(C)C)[C@H](CCOCc1ccccc1)Sc1ccccc1. The number of amides is 2. The van der Waals surface area contributed by atoms with Gasteiger partial charge < -0.3 is 14.8 Å². The monoisotopic (exact) mass is 502 g/mol. The molecule has 0 saturated heterocycles. The number of hydrogen-bond donors (Lipinski definition) is 2. The molecular formula is C27H38N2O5S. The lowest BCUT2D eigenvalue weighted by Crippen LogP contribution is -2.47. The van der Waals surface area contributed by atoms with Crippen LogP contribution in [0.25, 0.3) is 0 Å². The van der Waals surface area contributed by atoms with Crippen molar-refractivity contribution in [2.75, 3.05) is 20.3 Å². The smallest absolute Gasteiger partial charge is 0.431 e. The molecule has 0 bridgehead atoms. The number of ether oxygens (including phenoxy) is 2. The minimum Gasteiger partial charge on any atom is -0.446 e. The van der Waals surface area contributed by atoms with Gasteiger partial charge in [0.1, 0.15) is 6.61 Å². The standard InChI is InChI=1S/C27H38N2O5S/c1-5-23(26(30)28-24(20(2)3)19-34-27(31)29-32-4)25(35-22-14-10-7-11-15-22)16-17-33-18-21-12-8-6-9-13-21/h6-15,20,23-25H,5,16-19H2,1-4H3,(H,28,30)(H,29,31)/t23-,24-,25+/m1/s1. The van der Waals surface area contributed by atoms with E-state index in [9.17, 15) is 9.59 Å². The summed E-state index contributed by atoms with van der Waals surface area (Å²) >= 11 is 1.70. The molecule has 2 aromatic carbocycles. The van der Waals surface area contributed by atoms with Crippen LogP contribution < -0.4 is 10.8 Å². The Bertz CT molecular complexity index is 866. The molecule has 0 aliphatic rings. The van der Waals surface area contributed by atoms with Gasteiger partial charge in [0.25, 0.3) is 0 Å². The molecule has 0 saturated carbocycles. The second-order valence-electron chi connectivity index (χ2n) is 8.57. The summed E-state index contributed by atoms with van der Waals surface area (Å²) in [4.78, 5) is 30.7. The van der Waals surface area contributed by atoms with Crippen molar-refractivity contribution in [3.63, 3.8) is 0 Å². The first-order valence-electron chi connectivity index (χ1n) is 12.0. The normalized spacial score (nSPS) is 13.6. The van der Waals surface area contributed by atoms with Crippen molar-refractivity contribution in [2.24, 2.45) is 11.8 Å². The molecule has 0 fully saturated rings. The Balaban J connectivity index is 2.04. The maximum absolute atomic E-state index is 13.4. The third kappa shape index (κ3) is 10.7. The van der Waals surface area contributed by atoms with Crippen molar-refractivity contribution >= 4 is 23.8 Å². The summed E-state index contributed by atoms with van der Waals surface area (Å²) < 4.78 is 11.1. The highest BCUT2D eigenvalue weighted by atomic mass is 32.2. The van der Waals surface area contributed by atoms with Crippen molar-refractivity contribution in [1.29, 1.82) is 0 Å². The van der Waals surface area contributed by atoms with Crippen LogP contribution in [0.15, 0.2) is 65.6 Å². The number of thioether (sulfide) groups is 1. The lowest BCUT2D eigenvalue weighted by atomic mass is 9.97. The predicted octanol–water partition coefficient (Wildman–Crippen LogP) is 5.21. The molecule has 2 rings (SSSR count). The molecule has 0 spiro atoms. The van der Waals surface area contributed by atoms with Gasteiger partial charge in [-0.2, -0.15) is 5.48 Å². The number of hydrogen-bond acceptors (Lipinski definition) is 6. The zero-order chi connectivity index (χ0) is 25.5. The third-order valence-electron chi connectivity index (χ3n) is 5.63. The molecule has 0 unspecified atom stereocenters. The van der Waals surface area contributed by atoms with Gasteiger partial charge in [0.15, 0.2) is 0 Å². The van der Waals surface area contributed by atoms with E-state index in [4.69, 9.17) is 9.47 Å². The molecule has 192 valence electrons.